The molecule has 3 atom stereocenters. The molecule has 3 N–H and O–H groups in total. The molecule has 0 aliphatic heterocycles. The summed E-state index contributed by atoms with van der Waals surface area (Å²) >= 11 is 0. The molecule has 1 aromatic rings. The molecule has 0 aliphatic rings. The van der Waals surface area contributed by atoms with Crippen LogP contribution in [0.3, 0.4) is 0 Å². The number of methoxy groups -OCH3 is 1. The number of esters is 1. The third-order valence-corrected chi connectivity index (χ3v) is 4.27. The van der Waals surface area contributed by atoms with Gasteiger partial charge < -0.3 is 10.1 Å². The third-order valence-electron chi connectivity index (χ3n) is 4.27. The molecule has 26 heavy (non-hydrogen) atoms. The molecule has 0 bridgehead atoms. The minimum absolute atomic E-state index is 0.158. The Morgan fingerprint density at radius 2 is 1.69 bits per heavy atom. The Bertz CT molecular complexity index is 603. The van der Waals surface area contributed by atoms with Crippen LogP contribution in [0.5, 0.6) is 0 Å². The minimum atomic E-state index is -0.853. The maximum atomic E-state index is 12.8. The summed E-state index contributed by atoms with van der Waals surface area (Å²) in [6, 6.07) is 8.42. The van der Waals surface area contributed by atoms with Crippen molar-refractivity contribution in [2.24, 2.45) is 17.8 Å². The van der Waals surface area contributed by atoms with Crippen molar-refractivity contribution in [2.75, 3.05) is 7.11 Å². The molecule has 0 aliphatic carbocycles. The van der Waals surface area contributed by atoms with Crippen LogP contribution >= 0.6 is 0 Å². The monoisotopic (exact) mass is 364 g/mol. The average molecular weight is 364 g/mol. The Labute approximate surface area is 154 Å². The summed E-state index contributed by atoms with van der Waals surface area (Å²) in [5.74, 6) is -2.86. The predicted octanol–water partition coefficient (Wildman–Crippen LogP) is 1.69. The van der Waals surface area contributed by atoms with Gasteiger partial charge in [-0.2, -0.15) is 0 Å². The zero-order chi connectivity index (χ0) is 19.7. The molecule has 7 heteroatoms. The quantitative estimate of drug-likeness (QED) is 0.351. The summed E-state index contributed by atoms with van der Waals surface area (Å²) in [6.07, 6.45) is 0.730. The number of carbonyl (C=O) groups is 3. The van der Waals surface area contributed by atoms with Gasteiger partial charge in [0, 0.05) is 18.3 Å². The predicted molar refractivity (Wildman–Crippen MR) is 96.1 cm³/mol. The van der Waals surface area contributed by atoms with E-state index in [1.165, 1.54) is 7.11 Å². The first kappa shape index (κ1) is 21.6. The fraction of sp³-hybridized carbons (Fsp3) is 0.526. The number of hydrogen-bond donors (Lipinski definition) is 3. The van der Waals surface area contributed by atoms with Crippen LogP contribution in [0.1, 0.15) is 32.8 Å². The summed E-state index contributed by atoms with van der Waals surface area (Å²) in [5.41, 5.74) is 2.47. The molecule has 1 rings (SSSR count). The van der Waals surface area contributed by atoms with E-state index >= 15 is 0 Å². The molecule has 7 nitrogen and oxygen atoms in total. The number of ether oxygens (including phenoxy) is 1. The highest BCUT2D eigenvalue weighted by atomic mass is 16.5. The summed E-state index contributed by atoms with van der Waals surface area (Å²) in [6.45, 7) is 5.44. The first-order valence-electron chi connectivity index (χ1n) is 8.66. The Balaban J connectivity index is 2.95. The van der Waals surface area contributed by atoms with Crippen LogP contribution in [0, 0.1) is 17.8 Å². The van der Waals surface area contributed by atoms with Crippen LogP contribution in [0.2, 0.25) is 0 Å². The van der Waals surface area contributed by atoms with E-state index in [0.717, 1.165) is 5.56 Å². The van der Waals surface area contributed by atoms with E-state index in [-0.39, 0.29) is 12.3 Å². The molecule has 0 saturated heterocycles. The smallest absolute Gasteiger partial charge is 0.328 e. The van der Waals surface area contributed by atoms with E-state index in [1.807, 2.05) is 44.2 Å². The van der Waals surface area contributed by atoms with Crippen LogP contribution in [-0.2, 0) is 25.5 Å². The van der Waals surface area contributed by atoms with Gasteiger partial charge in [-0.05, 0) is 17.9 Å². The topological polar surface area (TPSA) is 105 Å². The van der Waals surface area contributed by atoms with Gasteiger partial charge in [-0.1, -0.05) is 51.1 Å². The van der Waals surface area contributed by atoms with Gasteiger partial charge in [0.2, 0.25) is 11.8 Å². The van der Waals surface area contributed by atoms with Crippen LogP contribution in [0.4, 0.5) is 0 Å². The molecule has 0 radical (unpaired) electrons. The maximum Gasteiger partial charge on any atom is 0.328 e. The molecule has 0 saturated carbocycles. The molecular weight excluding hydrogens is 336 g/mol. The van der Waals surface area contributed by atoms with Crippen molar-refractivity contribution >= 4 is 17.8 Å². The lowest BCUT2D eigenvalue weighted by Crippen LogP contribution is -2.48. The van der Waals surface area contributed by atoms with Crippen molar-refractivity contribution in [1.82, 2.24) is 10.8 Å². The standard InChI is InChI=1S/C19H28N2O5/c1-12(2)10-15(13(3)17(22)21-25)18(23)20-16(19(24)26-4)11-14-8-6-5-7-9-14/h5-9,12-13,15-16,25H,10-11H2,1-4H3,(H,20,23)(H,21,22)/t13-,15+,16-/m0/s1. The normalized spacial score (nSPS) is 14.2. The molecule has 1 aromatic carbocycles. The van der Waals surface area contributed by atoms with Gasteiger partial charge in [0.05, 0.1) is 7.11 Å². The van der Waals surface area contributed by atoms with Gasteiger partial charge in [-0.15, -0.1) is 0 Å². The first-order chi connectivity index (χ1) is 12.3. The number of hydroxylamine groups is 1. The van der Waals surface area contributed by atoms with Gasteiger partial charge in [-0.3, -0.25) is 14.8 Å². The van der Waals surface area contributed by atoms with Gasteiger partial charge in [0.1, 0.15) is 6.04 Å². The fourth-order valence-corrected chi connectivity index (χ4v) is 2.79. The number of benzene rings is 1. The van der Waals surface area contributed by atoms with Gasteiger partial charge in [0.25, 0.3) is 0 Å². The van der Waals surface area contributed by atoms with E-state index in [4.69, 9.17) is 9.94 Å². The third kappa shape index (κ3) is 6.48. The van der Waals surface area contributed by atoms with Crippen molar-refractivity contribution in [1.29, 1.82) is 0 Å². The number of nitrogens with one attached hydrogen (secondary N) is 2. The lowest BCUT2D eigenvalue weighted by Gasteiger charge is -2.26. The second-order valence-electron chi connectivity index (χ2n) is 6.77. The van der Waals surface area contributed by atoms with E-state index in [9.17, 15) is 14.4 Å². The minimum Gasteiger partial charge on any atom is -0.467 e. The number of rotatable bonds is 9. The Morgan fingerprint density at radius 3 is 2.19 bits per heavy atom. The van der Waals surface area contributed by atoms with E-state index in [0.29, 0.717) is 6.42 Å². The zero-order valence-corrected chi connectivity index (χ0v) is 15.7. The lowest BCUT2D eigenvalue weighted by atomic mass is 9.85. The molecule has 0 unspecified atom stereocenters. The largest absolute Gasteiger partial charge is 0.467 e. The fourth-order valence-electron chi connectivity index (χ4n) is 2.79. The Hall–Kier alpha value is -2.41. The van der Waals surface area contributed by atoms with Crippen LogP contribution < -0.4 is 10.8 Å². The van der Waals surface area contributed by atoms with Gasteiger partial charge >= 0.3 is 5.97 Å². The first-order valence-corrected chi connectivity index (χ1v) is 8.66. The molecule has 0 fully saturated rings. The van der Waals surface area contributed by atoms with Crippen LogP contribution in [-0.4, -0.2) is 36.1 Å². The number of carbonyl (C=O) groups excluding carboxylic acids is 3. The Morgan fingerprint density at radius 1 is 1.08 bits per heavy atom. The van der Waals surface area contributed by atoms with E-state index < -0.39 is 35.7 Å². The summed E-state index contributed by atoms with van der Waals surface area (Å²) in [7, 11) is 1.26. The highest BCUT2D eigenvalue weighted by molar-refractivity contribution is 5.90. The number of amides is 2. The molecule has 144 valence electrons. The molecular formula is C19H28N2O5. The van der Waals surface area contributed by atoms with Gasteiger partial charge in [0.15, 0.2) is 0 Å². The SMILES string of the molecule is COC(=O)[C@H](Cc1ccccc1)NC(=O)[C@H](CC(C)C)[C@H](C)C(=O)NO. The van der Waals surface area contributed by atoms with Crippen molar-refractivity contribution in [3.05, 3.63) is 35.9 Å². The molecule has 2 amide bonds. The molecule has 0 heterocycles. The second kappa shape index (κ2) is 10.6. The zero-order valence-electron chi connectivity index (χ0n) is 15.7. The highest BCUT2D eigenvalue weighted by Gasteiger charge is 2.33. The van der Waals surface area contributed by atoms with Crippen molar-refractivity contribution in [2.45, 2.75) is 39.7 Å². The van der Waals surface area contributed by atoms with Crippen molar-refractivity contribution in [3.8, 4) is 0 Å². The average Bonchev–Trinajstić information content (AvgIpc) is 2.64. The second-order valence-corrected chi connectivity index (χ2v) is 6.77. The highest BCUT2D eigenvalue weighted by Crippen LogP contribution is 2.22. The van der Waals surface area contributed by atoms with Crippen LogP contribution in [0.15, 0.2) is 30.3 Å². The van der Waals surface area contributed by atoms with Crippen LogP contribution in [0.25, 0.3) is 0 Å². The molecule has 0 aromatic heterocycles. The molecule has 0 spiro atoms. The Kier molecular flexibility index (Phi) is 8.78. The number of hydrogen-bond acceptors (Lipinski definition) is 5. The van der Waals surface area contributed by atoms with Crippen molar-refractivity contribution in [3.63, 3.8) is 0 Å². The van der Waals surface area contributed by atoms with E-state index in [1.54, 1.807) is 12.4 Å². The maximum absolute atomic E-state index is 12.8. The summed E-state index contributed by atoms with van der Waals surface area (Å²) in [5, 5.41) is 11.6. The van der Waals surface area contributed by atoms with E-state index in [2.05, 4.69) is 5.32 Å². The summed E-state index contributed by atoms with van der Waals surface area (Å²) in [4.78, 5) is 36.7. The lowest BCUT2D eigenvalue weighted by molar-refractivity contribution is -0.146. The summed E-state index contributed by atoms with van der Waals surface area (Å²) < 4.78 is 4.80. The van der Waals surface area contributed by atoms with Gasteiger partial charge in [-0.25, -0.2) is 10.3 Å². The van der Waals surface area contributed by atoms with Crippen molar-refractivity contribution < 1.29 is 24.3 Å².